The van der Waals surface area contributed by atoms with Gasteiger partial charge in [0.25, 0.3) is 0 Å². The number of thiocarbonyl (C=S) groups is 1. The van der Waals surface area contributed by atoms with Gasteiger partial charge in [-0.25, -0.2) is 0 Å². The van der Waals surface area contributed by atoms with Crippen molar-refractivity contribution in [2.75, 3.05) is 32.7 Å². The van der Waals surface area contributed by atoms with Crippen LogP contribution in [-0.2, 0) is 4.79 Å². The minimum absolute atomic E-state index is 0.122. The fourth-order valence-electron chi connectivity index (χ4n) is 3.43. The van der Waals surface area contributed by atoms with Crippen molar-refractivity contribution >= 4 is 23.1 Å². The number of amides is 1. The van der Waals surface area contributed by atoms with Crippen LogP contribution in [0.15, 0.2) is 0 Å². The molecule has 5 heteroatoms. The molecule has 2 fully saturated rings. The largest absolute Gasteiger partial charge is 0.392 e. The van der Waals surface area contributed by atoms with Crippen LogP contribution in [0, 0.1) is 11.3 Å². The lowest BCUT2D eigenvalue weighted by Gasteiger charge is -2.38. The molecule has 4 nitrogen and oxygen atoms in total. The molecular formula is C16H29N3OS. The van der Waals surface area contributed by atoms with E-state index in [0.29, 0.717) is 11.4 Å². The summed E-state index contributed by atoms with van der Waals surface area (Å²) in [5.41, 5.74) is 5.13. The zero-order valence-electron chi connectivity index (χ0n) is 13.4. The van der Waals surface area contributed by atoms with Gasteiger partial charge >= 0.3 is 0 Å². The molecule has 2 aliphatic heterocycles. The van der Waals surface area contributed by atoms with Crippen LogP contribution in [0.2, 0.25) is 0 Å². The van der Waals surface area contributed by atoms with Gasteiger partial charge in [-0.3, -0.25) is 4.79 Å². The third kappa shape index (κ3) is 3.75. The van der Waals surface area contributed by atoms with Gasteiger partial charge in [-0.05, 0) is 58.0 Å². The van der Waals surface area contributed by atoms with E-state index in [-0.39, 0.29) is 5.91 Å². The van der Waals surface area contributed by atoms with Crippen molar-refractivity contribution in [2.45, 2.75) is 46.0 Å². The topological polar surface area (TPSA) is 49.6 Å². The SMILES string of the molecule is CCC(C)(C(=O)N1CCC(CN2CCCC2)CC1)C(N)=S. The Bertz CT molecular complexity index is 387. The first kappa shape index (κ1) is 16.7. The number of carbonyl (C=O) groups is 1. The lowest BCUT2D eigenvalue weighted by molar-refractivity contribution is -0.139. The molecule has 2 saturated heterocycles. The molecule has 1 atom stereocenters. The molecule has 0 aromatic carbocycles. The van der Waals surface area contributed by atoms with E-state index in [1.54, 1.807) is 0 Å². The Kier molecular flexibility index (Phi) is 5.60. The van der Waals surface area contributed by atoms with Crippen LogP contribution in [0.4, 0.5) is 0 Å². The van der Waals surface area contributed by atoms with Crippen LogP contribution in [0.25, 0.3) is 0 Å². The molecule has 0 aromatic rings. The molecule has 0 aliphatic carbocycles. The molecule has 0 aromatic heterocycles. The van der Waals surface area contributed by atoms with Gasteiger partial charge in [-0.2, -0.15) is 0 Å². The lowest BCUT2D eigenvalue weighted by Crippen LogP contribution is -2.51. The quantitative estimate of drug-likeness (QED) is 0.789. The second kappa shape index (κ2) is 7.05. The number of likely N-dealkylation sites (tertiary alicyclic amines) is 2. The summed E-state index contributed by atoms with van der Waals surface area (Å²) in [6.45, 7) is 9.31. The smallest absolute Gasteiger partial charge is 0.235 e. The van der Waals surface area contributed by atoms with E-state index in [1.807, 2.05) is 18.7 Å². The van der Waals surface area contributed by atoms with Crippen molar-refractivity contribution in [3.05, 3.63) is 0 Å². The Labute approximate surface area is 134 Å². The molecule has 0 radical (unpaired) electrons. The first-order valence-corrected chi connectivity index (χ1v) is 8.70. The van der Waals surface area contributed by atoms with Gasteiger partial charge in [-0.1, -0.05) is 19.1 Å². The van der Waals surface area contributed by atoms with Crippen LogP contribution < -0.4 is 5.73 Å². The Hall–Kier alpha value is -0.680. The molecule has 1 amide bonds. The summed E-state index contributed by atoms with van der Waals surface area (Å²) in [7, 11) is 0. The normalized spacial score (nSPS) is 24.0. The first-order chi connectivity index (χ1) is 9.97. The van der Waals surface area contributed by atoms with Gasteiger partial charge in [0.1, 0.15) is 0 Å². The predicted octanol–water partition coefficient (Wildman–Crippen LogP) is 2.02. The molecular weight excluding hydrogens is 282 g/mol. The number of piperidine rings is 1. The van der Waals surface area contributed by atoms with E-state index in [4.69, 9.17) is 18.0 Å². The van der Waals surface area contributed by atoms with Crippen LogP contribution in [0.5, 0.6) is 0 Å². The molecule has 0 bridgehead atoms. The highest BCUT2D eigenvalue weighted by Crippen LogP contribution is 2.28. The molecule has 1 unspecified atom stereocenters. The van der Waals surface area contributed by atoms with Crippen LogP contribution in [-0.4, -0.2) is 53.4 Å². The Morgan fingerprint density at radius 1 is 1.24 bits per heavy atom. The summed E-state index contributed by atoms with van der Waals surface area (Å²) < 4.78 is 0. The average molecular weight is 311 g/mol. The molecule has 0 saturated carbocycles. The van der Waals surface area contributed by atoms with Crippen molar-refractivity contribution in [2.24, 2.45) is 17.1 Å². The number of hydrogen-bond acceptors (Lipinski definition) is 3. The zero-order chi connectivity index (χ0) is 15.5. The van der Waals surface area contributed by atoms with Crippen molar-refractivity contribution in [3.63, 3.8) is 0 Å². The van der Waals surface area contributed by atoms with E-state index in [0.717, 1.165) is 31.8 Å². The number of nitrogens with zero attached hydrogens (tertiary/aromatic N) is 2. The summed E-state index contributed by atoms with van der Waals surface area (Å²) >= 11 is 5.12. The van der Waals surface area contributed by atoms with Gasteiger partial charge in [-0.15, -0.1) is 0 Å². The third-order valence-corrected chi connectivity index (χ3v) is 5.79. The Morgan fingerprint density at radius 2 is 1.81 bits per heavy atom. The highest BCUT2D eigenvalue weighted by Gasteiger charge is 2.39. The van der Waals surface area contributed by atoms with Gasteiger partial charge in [0.15, 0.2) is 0 Å². The Balaban J connectivity index is 1.85. The summed E-state index contributed by atoms with van der Waals surface area (Å²) in [5, 5.41) is 0. The van der Waals surface area contributed by atoms with Crippen LogP contribution >= 0.6 is 12.2 Å². The van der Waals surface area contributed by atoms with Crippen molar-refractivity contribution < 1.29 is 4.79 Å². The number of hydrogen-bond donors (Lipinski definition) is 1. The zero-order valence-corrected chi connectivity index (χ0v) is 14.3. The summed E-state index contributed by atoms with van der Waals surface area (Å²) in [6, 6.07) is 0. The first-order valence-electron chi connectivity index (χ1n) is 8.29. The van der Waals surface area contributed by atoms with Gasteiger partial charge < -0.3 is 15.5 Å². The molecule has 2 rings (SSSR count). The fraction of sp³-hybridized carbons (Fsp3) is 0.875. The van der Waals surface area contributed by atoms with E-state index in [9.17, 15) is 4.79 Å². The van der Waals surface area contributed by atoms with Crippen LogP contribution in [0.1, 0.15) is 46.0 Å². The maximum atomic E-state index is 12.7. The number of carbonyl (C=O) groups excluding carboxylic acids is 1. The fourth-order valence-corrected chi connectivity index (χ4v) is 3.66. The van der Waals surface area contributed by atoms with Gasteiger partial charge in [0.2, 0.25) is 5.91 Å². The Morgan fingerprint density at radius 3 is 2.29 bits per heavy atom. The maximum absolute atomic E-state index is 12.7. The van der Waals surface area contributed by atoms with Gasteiger partial charge in [0, 0.05) is 19.6 Å². The van der Waals surface area contributed by atoms with Crippen molar-refractivity contribution in [1.29, 1.82) is 0 Å². The van der Waals surface area contributed by atoms with E-state index >= 15 is 0 Å². The average Bonchev–Trinajstić information content (AvgIpc) is 2.99. The molecule has 120 valence electrons. The van der Waals surface area contributed by atoms with E-state index < -0.39 is 5.41 Å². The third-order valence-electron chi connectivity index (χ3n) is 5.34. The highest BCUT2D eigenvalue weighted by molar-refractivity contribution is 7.80. The van der Waals surface area contributed by atoms with Gasteiger partial charge in [0.05, 0.1) is 10.4 Å². The summed E-state index contributed by atoms with van der Waals surface area (Å²) in [5.74, 6) is 0.863. The summed E-state index contributed by atoms with van der Waals surface area (Å²) in [4.78, 5) is 17.6. The monoisotopic (exact) mass is 311 g/mol. The maximum Gasteiger partial charge on any atom is 0.235 e. The minimum Gasteiger partial charge on any atom is -0.392 e. The minimum atomic E-state index is -0.670. The standard InChI is InChI=1S/C16H29N3OS/c1-3-16(2,14(17)21)15(20)19-10-6-13(7-11-19)12-18-8-4-5-9-18/h13H,3-12H2,1-2H3,(H2,17,21). The van der Waals surface area contributed by atoms with Crippen molar-refractivity contribution in [1.82, 2.24) is 9.80 Å². The van der Waals surface area contributed by atoms with Crippen molar-refractivity contribution in [3.8, 4) is 0 Å². The van der Waals surface area contributed by atoms with E-state index in [1.165, 1.54) is 32.5 Å². The molecule has 2 aliphatic rings. The highest BCUT2D eigenvalue weighted by atomic mass is 32.1. The predicted molar refractivity (Wildman–Crippen MR) is 90.2 cm³/mol. The van der Waals surface area contributed by atoms with E-state index in [2.05, 4.69) is 4.90 Å². The number of rotatable bonds is 5. The summed E-state index contributed by atoms with van der Waals surface area (Å²) in [6.07, 6.45) is 5.59. The second-order valence-electron chi connectivity index (χ2n) is 6.79. The van der Waals surface area contributed by atoms with Crippen LogP contribution in [0.3, 0.4) is 0 Å². The molecule has 2 heterocycles. The second-order valence-corrected chi connectivity index (χ2v) is 7.23. The molecule has 21 heavy (non-hydrogen) atoms. The molecule has 0 spiro atoms. The molecule has 2 N–H and O–H groups in total. The lowest BCUT2D eigenvalue weighted by atomic mass is 9.84. The number of nitrogens with two attached hydrogens (primary N) is 1.